The third-order valence-electron chi connectivity index (χ3n) is 3.77. The molecule has 0 spiro atoms. The maximum absolute atomic E-state index is 13.7. The molecule has 3 aromatic rings. The Morgan fingerprint density at radius 3 is 2.44 bits per heavy atom. The van der Waals surface area contributed by atoms with E-state index in [0.717, 1.165) is 23.3 Å². The van der Waals surface area contributed by atoms with Gasteiger partial charge in [0.2, 0.25) is 0 Å². The van der Waals surface area contributed by atoms with E-state index in [4.69, 9.17) is 16.3 Å². The summed E-state index contributed by atoms with van der Waals surface area (Å²) in [5.74, 6) is -2.25. The van der Waals surface area contributed by atoms with Gasteiger partial charge in [0.05, 0.1) is 5.56 Å². The van der Waals surface area contributed by atoms with Crippen LogP contribution in [0.2, 0.25) is 5.02 Å². The van der Waals surface area contributed by atoms with Gasteiger partial charge >= 0.3 is 5.97 Å². The van der Waals surface area contributed by atoms with Crippen molar-refractivity contribution in [3.63, 3.8) is 0 Å². The molecule has 3 rings (SSSR count). The highest BCUT2D eigenvalue weighted by molar-refractivity contribution is 6.30. The Bertz CT molecular complexity index is 976. The van der Waals surface area contributed by atoms with Gasteiger partial charge in [-0.2, -0.15) is 0 Å². The molecule has 0 saturated carbocycles. The molecule has 0 aliphatic rings. The van der Waals surface area contributed by atoms with Crippen LogP contribution >= 0.6 is 11.6 Å². The summed E-state index contributed by atoms with van der Waals surface area (Å²) in [6, 6.07) is 20.4. The third kappa shape index (κ3) is 4.71. The van der Waals surface area contributed by atoms with E-state index >= 15 is 0 Å². The smallest absolute Gasteiger partial charge is 0.341 e. The Kier molecular flexibility index (Phi) is 5.84. The average Bonchev–Trinajstić information content (AvgIpc) is 2.69. The van der Waals surface area contributed by atoms with Crippen molar-refractivity contribution >= 4 is 29.2 Å². The van der Waals surface area contributed by atoms with E-state index in [-0.39, 0.29) is 10.6 Å². The number of para-hydroxylation sites is 1. The second-order valence-electron chi connectivity index (χ2n) is 5.66. The lowest BCUT2D eigenvalue weighted by Gasteiger charge is -2.11. The number of benzene rings is 3. The second-order valence-corrected chi connectivity index (χ2v) is 6.10. The van der Waals surface area contributed by atoms with Gasteiger partial charge in [-0.3, -0.25) is 4.79 Å². The van der Waals surface area contributed by atoms with E-state index in [2.05, 4.69) is 5.32 Å². The first kappa shape index (κ1) is 18.6. The van der Waals surface area contributed by atoms with Crippen molar-refractivity contribution in [1.82, 2.24) is 0 Å². The van der Waals surface area contributed by atoms with Gasteiger partial charge in [-0.1, -0.05) is 60.1 Å². The molecule has 1 N–H and O–H groups in total. The summed E-state index contributed by atoms with van der Waals surface area (Å²) in [7, 11) is 0. The van der Waals surface area contributed by atoms with Gasteiger partial charge in [0, 0.05) is 16.3 Å². The first-order valence-electron chi connectivity index (χ1n) is 8.11. The maximum Gasteiger partial charge on any atom is 0.341 e. The minimum atomic E-state index is -0.957. The highest BCUT2D eigenvalue weighted by Gasteiger charge is 2.16. The Morgan fingerprint density at radius 1 is 0.963 bits per heavy atom. The standard InChI is InChI=1S/C21H15ClFNO3/c22-15-10-11-18(23)17(12-15)21(26)27-13-20(25)24-19-9-5-4-8-16(19)14-6-2-1-3-7-14/h1-12H,13H2,(H,24,25). The minimum absolute atomic E-state index is 0.199. The lowest BCUT2D eigenvalue weighted by atomic mass is 10.0. The lowest BCUT2D eigenvalue weighted by Crippen LogP contribution is -2.21. The number of nitrogens with one attached hydrogen (secondary N) is 1. The topological polar surface area (TPSA) is 55.4 Å². The second kappa shape index (κ2) is 8.47. The number of anilines is 1. The lowest BCUT2D eigenvalue weighted by molar-refractivity contribution is -0.119. The van der Waals surface area contributed by atoms with E-state index in [1.54, 1.807) is 12.1 Å². The van der Waals surface area contributed by atoms with Crippen molar-refractivity contribution in [3.05, 3.63) is 89.2 Å². The summed E-state index contributed by atoms with van der Waals surface area (Å²) in [5.41, 5.74) is 2.03. The molecule has 6 heteroatoms. The number of esters is 1. The van der Waals surface area contributed by atoms with Gasteiger partial charge in [0.25, 0.3) is 5.91 Å². The normalized spacial score (nSPS) is 10.3. The molecule has 4 nitrogen and oxygen atoms in total. The van der Waals surface area contributed by atoms with Crippen LogP contribution in [0, 0.1) is 5.82 Å². The molecule has 0 radical (unpaired) electrons. The highest BCUT2D eigenvalue weighted by atomic mass is 35.5. The van der Waals surface area contributed by atoms with Crippen molar-refractivity contribution in [2.24, 2.45) is 0 Å². The van der Waals surface area contributed by atoms with E-state index in [9.17, 15) is 14.0 Å². The Balaban J connectivity index is 1.67. The van der Waals surface area contributed by atoms with Crippen molar-refractivity contribution in [2.75, 3.05) is 11.9 Å². The van der Waals surface area contributed by atoms with E-state index in [1.165, 1.54) is 6.07 Å². The predicted octanol–water partition coefficient (Wildman–Crippen LogP) is 4.94. The zero-order valence-electron chi connectivity index (χ0n) is 14.1. The summed E-state index contributed by atoms with van der Waals surface area (Å²) in [6.45, 7) is -0.548. The Morgan fingerprint density at radius 2 is 1.67 bits per heavy atom. The summed E-state index contributed by atoms with van der Waals surface area (Å²) >= 11 is 5.75. The summed E-state index contributed by atoms with van der Waals surface area (Å²) < 4.78 is 18.6. The van der Waals surface area contributed by atoms with E-state index < -0.39 is 24.3 Å². The molecule has 0 aliphatic heterocycles. The van der Waals surface area contributed by atoms with E-state index in [1.807, 2.05) is 42.5 Å². The molecule has 0 aliphatic carbocycles. The number of hydrogen-bond acceptors (Lipinski definition) is 3. The number of carbonyl (C=O) groups is 2. The summed E-state index contributed by atoms with van der Waals surface area (Å²) in [6.07, 6.45) is 0. The van der Waals surface area contributed by atoms with Gasteiger partial charge in [0.15, 0.2) is 6.61 Å². The largest absolute Gasteiger partial charge is 0.452 e. The van der Waals surface area contributed by atoms with Crippen LogP contribution in [0.3, 0.4) is 0 Å². The first-order chi connectivity index (χ1) is 13.0. The van der Waals surface area contributed by atoms with Crippen LogP contribution in [0.15, 0.2) is 72.8 Å². The van der Waals surface area contributed by atoms with Crippen molar-refractivity contribution in [2.45, 2.75) is 0 Å². The molecule has 27 heavy (non-hydrogen) atoms. The van der Waals surface area contributed by atoms with Crippen molar-refractivity contribution in [3.8, 4) is 11.1 Å². The zero-order valence-corrected chi connectivity index (χ0v) is 14.9. The van der Waals surface area contributed by atoms with E-state index in [0.29, 0.717) is 5.69 Å². The molecule has 0 unspecified atom stereocenters. The van der Waals surface area contributed by atoms with Gasteiger partial charge < -0.3 is 10.1 Å². The van der Waals surface area contributed by atoms with Gasteiger partial charge in [0.1, 0.15) is 5.82 Å². The molecule has 3 aromatic carbocycles. The molecule has 0 saturated heterocycles. The number of hydrogen-bond donors (Lipinski definition) is 1. The summed E-state index contributed by atoms with van der Waals surface area (Å²) in [5, 5.41) is 2.90. The fraction of sp³-hybridized carbons (Fsp3) is 0.0476. The van der Waals surface area contributed by atoms with Crippen LogP contribution in [0.4, 0.5) is 10.1 Å². The number of ether oxygens (including phenoxy) is 1. The SMILES string of the molecule is O=C(COC(=O)c1cc(Cl)ccc1F)Nc1ccccc1-c1ccccc1. The molecular formula is C21H15ClFNO3. The van der Waals surface area contributed by atoms with Crippen LogP contribution in [-0.2, 0) is 9.53 Å². The van der Waals surface area contributed by atoms with Crippen molar-refractivity contribution in [1.29, 1.82) is 0 Å². The first-order valence-corrected chi connectivity index (χ1v) is 8.49. The molecule has 1 amide bonds. The fourth-order valence-electron chi connectivity index (χ4n) is 2.51. The van der Waals surface area contributed by atoms with Crippen LogP contribution < -0.4 is 5.32 Å². The van der Waals surface area contributed by atoms with Crippen LogP contribution in [0.5, 0.6) is 0 Å². The van der Waals surface area contributed by atoms with Crippen molar-refractivity contribution < 1.29 is 18.7 Å². The van der Waals surface area contributed by atoms with Gasteiger partial charge in [-0.05, 0) is 29.8 Å². The van der Waals surface area contributed by atoms with Crippen LogP contribution in [0.25, 0.3) is 11.1 Å². The molecule has 0 aromatic heterocycles. The Hall–Kier alpha value is -3.18. The van der Waals surface area contributed by atoms with Gasteiger partial charge in [-0.25, -0.2) is 9.18 Å². The fourth-order valence-corrected chi connectivity index (χ4v) is 2.68. The molecule has 0 bridgehead atoms. The molecule has 0 fully saturated rings. The molecule has 0 atom stereocenters. The Labute approximate surface area is 160 Å². The molecule has 136 valence electrons. The number of halogens is 2. The number of carbonyl (C=O) groups excluding carboxylic acids is 2. The molecule has 0 heterocycles. The van der Waals surface area contributed by atoms with Gasteiger partial charge in [-0.15, -0.1) is 0 Å². The summed E-state index contributed by atoms with van der Waals surface area (Å²) in [4.78, 5) is 24.1. The highest BCUT2D eigenvalue weighted by Crippen LogP contribution is 2.27. The zero-order chi connectivity index (χ0) is 19.2. The maximum atomic E-state index is 13.7. The predicted molar refractivity (Wildman–Crippen MR) is 102 cm³/mol. The quantitative estimate of drug-likeness (QED) is 0.635. The number of amides is 1. The number of rotatable bonds is 5. The van der Waals surface area contributed by atoms with Crippen LogP contribution in [-0.4, -0.2) is 18.5 Å². The monoisotopic (exact) mass is 383 g/mol. The minimum Gasteiger partial charge on any atom is -0.452 e. The average molecular weight is 384 g/mol. The molecular weight excluding hydrogens is 369 g/mol. The van der Waals surface area contributed by atoms with Crippen LogP contribution in [0.1, 0.15) is 10.4 Å². The third-order valence-corrected chi connectivity index (χ3v) is 4.00.